The van der Waals surface area contributed by atoms with E-state index in [9.17, 15) is 8.42 Å². The number of nitrogens with one attached hydrogen (secondary N) is 1. The van der Waals surface area contributed by atoms with Gasteiger partial charge in [0.1, 0.15) is 0 Å². The molecule has 19 heavy (non-hydrogen) atoms. The molecule has 0 saturated carbocycles. The summed E-state index contributed by atoms with van der Waals surface area (Å²) in [4.78, 5) is 1.85. The highest BCUT2D eigenvalue weighted by atomic mass is 32.2. The largest absolute Gasteiger partial charge is 0.348 e. The average molecular weight is 298 g/mol. The smallest absolute Gasteiger partial charge is 0.173 e. The van der Waals surface area contributed by atoms with Crippen molar-refractivity contribution >= 4 is 32.9 Å². The molecule has 4 nitrogen and oxygen atoms in total. The van der Waals surface area contributed by atoms with Crippen molar-refractivity contribution in [1.29, 1.82) is 0 Å². The van der Waals surface area contributed by atoms with Gasteiger partial charge in [-0.05, 0) is 43.3 Å². The van der Waals surface area contributed by atoms with E-state index >= 15 is 0 Å². The first kappa shape index (κ1) is 14.3. The summed E-state index contributed by atoms with van der Waals surface area (Å²) < 4.78 is 23.0. The molecule has 1 aliphatic heterocycles. The molecule has 0 bridgehead atoms. The third-order valence-electron chi connectivity index (χ3n) is 3.35. The van der Waals surface area contributed by atoms with Crippen LogP contribution in [0.4, 0.5) is 5.69 Å². The lowest BCUT2D eigenvalue weighted by Gasteiger charge is -2.26. The number of aryl methyl sites for hydroxylation is 1. The van der Waals surface area contributed by atoms with Gasteiger partial charge >= 0.3 is 0 Å². The van der Waals surface area contributed by atoms with Crippen molar-refractivity contribution < 1.29 is 8.42 Å². The van der Waals surface area contributed by atoms with Crippen LogP contribution in [0.3, 0.4) is 0 Å². The van der Waals surface area contributed by atoms with Crippen LogP contribution in [-0.4, -0.2) is 43.0 Å². The van der Waals surface area contributed by atoms with Crippen LogP contribution in [0, 0.1) is 6.92 Å². The Morgan fingerprint density at radius 1 is 1.47 bits per heavy atom. The fourth-order valence-corrected chi connectivity index (χ4v) is 4.22. The second-order valence-electron chi connectivity index (χ2n) is 4.97. The van der Waals surface area contributed by atoms with Gasteiger partial charge in [-0.1, -0.05) is 12.1 Å². The van der Waals surface area contributed by atoms with Crippen LogP contribution in [0.2, 0.25) is 0 Å². The molecule has 0 radical (unpaired) electrons. The van der Waals surface area contributed by atoms with E-state index in [4.69, 9.17) is 12.2 Å². The predicted molar refractivity (Wildman–Crippen MR) is 82.2 cm³/mol. The van der Waals surface area contributed by atoms with Crippen molar-refractivity contribution in [3.63, 3.8) is 0 Å². The third kappa shape index (κ3) is 3.67. The van der Waals surface area contributed by atoms with Crippen LogP contribution in [0.25, 0.3) is 0 Å². The molecule has 1 aromatic carbocycles. The zero-order valence-electron chi connectivity index (χ0n) is 11.1. The molecule has 0 amide bonds. The monoisotopic (exact) mass is 298 g/mol. The van der Waals surface area contributed by atoms with E-state index in [1.54, 1.807) is 0 Å². The minimum atomic E-state index is -2.88. The fourth-order valence-electron chi connectivity index (χ4n) is 2.18. The van der Waals surface area contributed by atoms with Crippen LogP contribution < -0.4 is 5.32 Å². The van der Waals surface area contributed by atoms with Crippen LogP contribution in [0.5, 0.6) is 0 Å². The molecule has 104 valence electrons. The van der Waals surface area contributed by atoms with Gasteiger partial charge in [-0.2, -0.15) is 0 Å². The Morgan fingerprint density at radius 2 is 2.21 bits per heavy atom. The van der Waals surface area contributed by atoms with Crippen molar-refractivity contribution in [1.82, 2.24) is 4.90 Å². The summed E-state index contributed by atoms with van der Waals surface area (Å²) in [6.45, 7) is 2.02. The van der Waals surface area contributed by atoms with E-state index < -0.39 is 9.84 Å². The lowest BCUT2D eigenvalue weighted by Crippen LogP contribution is -2.40. The SMILES string of the molecule is Cc1cccc(NC(=S)N(C)[C@H]2CCS(=O)(=O)C2)c1. The van der Waals surface area contributed by atoms with Crippen LogP contribution in [-0.2, 0) is 9.84 Å². The molecular weight excluding hydrogens is 280 g/mol. The Kier molecular flexibility index (Phi) is 4.10. The molecule has 0 aromatic heterocycles. The summed E-state index contributed by atoms with van der Waals surface area (Å²) in [5, 5.41) is 3.71. The van der Waals surface area contributed by atoms with Gasteiger partial charge in [-0.3, -0.25) is 0 Å². The van der Waals surface area contributed by atoms with Crippen molar-refractivity contribution in [2.75, 3.05) is 23.9 Å². The molecule has 1 aliphatic rings. The molecule has 0 unspecified atom stereocenters. The van der Waals surface area contributed by atoms with Gasteiger partial charge in [-0.25, -0.2) is 8.42 Å². The third-order valence-corrected chi connectivity index (χ3v) is 5.49. The second kappa shape index (κ2) is 5.46. The number of hydrogen-bond acceptors (Lipinski definition) is 3. The highest BCUT2D eigenvalue weighted by Crippen LogP contribution is 2.18. The Balaban J connectivity index is 2.00. The maximum Gasteiger partial charge on any atom is 0.173 e. The van der Waals surface area contributed by atoms with E-state index in [1.807, 2.05) is 43.1 Å². The number of nitrogens with zero attached hydrogens (tertiary/aromatic N) is 1. The zero-order chi connectivity index (χ0) is 14.0. The summed E-state index contributed by atoms with van der Waals surface area (Å²) in [5.41, 5.74) is 2.08. The van der Waals surface area contributed by atoms with Crippen LogP contribution in [0.15, 0.2) is 24.3 Å². The molecule has 0 spiro atoms. The quantitative estimate of drug-likeness (QED) is 0.844. The van der Waals surface area contributed by atoms with Gasteiger partial charge in [-0.15, -0.1) is 0 Å². The molecule has 1 fully saturated rings. The van der Waals surface area contributed by atoms with E-state index in [2.05, 4.69) is 5.32 Å². The Bertz CT molecular complexity index is 584. The van der Waals surface area contributed by atoms with Crippen molar-refractivity contribution in [2.45, 2.75) is 19.4 Å². The maximum absolute atomic E-state index is 11.5. The summed E-state index contributed by atoms with van der Waals surface area (Å²) >= 11 is 5.33. The van der Waals surface area contributed by atoms with E-state index in [0.29, 0.717) is 11.5 Å². The average Bonchev–Trinajstić information content (AvgIpc) is 2.68. The Hall–Kier alpha value is -1.14. The molecule has 2 rings (SSSR count). The van der Waals surface area contributed by atoms with Gasteiger partial charge in [0.2, 0.25) is 0 Å². The molecule has 6 heteroatoms. The highest BCUT2D eigenvalue weighted by Gasteiger charge is 2.31. The minimum Gasteiger partial charge on any atom is -0.348 e. The molecule has 0 aliphatic carbocycles. The van der Waals surface area contributed by atoms with Crippen LogP contribution >= 0.6 is 12.2 Å². The number of sulfone groups is 1. The summed E-state index contributed by atoms with van der Waals surface area (Å²) in [7, 11) is -1.04. The zero-order valence-corrected chi connectivity index (χ0v) is 12.7. The summed E-state index contributed by atoms with van der Waals surface area (Å²) in [6.07, 6.45) is 0.647. The first-order valence-corrected chi connectivity index (χ1v) is 8.41. The molecule has 1 heterocycles. The first-order chi connectivity index (χ1) is 8.87. The normalized spacial score (nSPS) is 21.1. The number of benzene rings is 1. The lowest BCUT2D eigenvalue weighted by molar-refractivity contribution is 0.402. The van der Waals surface area contributed by atoms with Crippen molar-refractivity contribution in [3.05, 3.63) is 29.8 Å². The van der Waals surface area contributed by atoms with Gasteiger partial charge < -0.3 is 10.2 Å². The summed E-state index contributed by atoms with van der Waals surface area (Å²) in [6, 6.07) is 7.90. The van der Waals surface area contributed by atoms with E-state index in [0.717, 1.165) is 11.3 Å². The highest BCUT2D eigenvalue weighted by molar-refractivity contribution is 7.91. The molecule has 1 N–H and O–H groups in total. The molecule has 1 atom stereocenters. The number of rotatable bonds is 2. The van der Waals surface area contributed by atoms with Crippen LogP contribution in [0.1, 0.15) is 12.0 Å². The predicted octanol–water partition coefficient (Wildman–Crippen LogP) is 1.81. The topological polar surface area (TPSA) is 49.4 Å². The summed E-state index contributed by atoms with van der Waals surface area (Å²) in [5.74, 6) is 0.453. The van der Waals surface area contributed by atoms with E-state index in [-0.39, 0.29) is 17.5 Å². The van der Waals surface area contributed by atoms with Gasteiger partial charge in [0.15, 0.2) is 14.9 Å². The fraction of sp³-hybridized carbons (Fsp3) is 0.462. The Labute approximate surface area is 119 Å². The minimum absolute atomic E-state index is 0.0187. The van der Waals surface area contributed by atoms with Crippen molar-refractivity contribution in [3.8, 4) is 0 Å². The molecule has 1 aromatic rings. The molecular formula is C13H18N2O2S2. The van der Waals surface area contributed by atoms with Gasteiger partial charge in [0.05, 0.1) is 11.5 Å². The number of thiocarbonyl (C=S) groups is 1. The van der Waals surface area contributed by atoms with E-state index in [1.165, 1.54) is 0 Å². The van der Waals surface area contributed by atoms with Gasteiger partial charge in [0, 0.05) is 18.8 Å². The number of anilines is 1. The first-order valence-electron chi connectivity index (χ1n) is 6.18. The standard InChI is InChI=1S/C13H18N2O2S2/c1-10-4-3-5-11(8-10)14-13(18)15(2)12-6-7-19(16,17)9-12/h3-5,8,12H,6-7,9H2,1-2H3,(H,14,18)/t12-/m0/s1. The second-order valence-corrected chi connectivity index (χ2v) is 7.58. The Morgan fingerprint density at radius 3 is 2.79 bits per heavy atom. The lowest BCUT2D eigenvalue weighted by atomic mass is 10.2. The van der Waals surface area contributed by atoms with Crippen molar-refractivity contribution in [2.24, 2.45) is 0 Å². The number of hydrogen-bond donors (Lipinski definition) is 1. The van der Waals surface area contributed by atoms with Gasteiger partial charge in [0.25, 0.3) is 0 Å². The molecule has 1 saturated heterocycles. The maximum atomic E-state index is 11.5.